The van der Waals surface area contributed by atoms with E-state index >= 15 is 0 Å². The molecule has 0 atom stereocenters. The number of rotatable bonds is 7. The molecule has 29 heavy (non-hydrogen) atoms. The molecule has 0 unspecified atom stereocenters. The van der Waals surface area contributed by atoms with Crippen molar-refractivity contribution < 1.29 is 4.42 Å². The van der Waals surface area contributed by atoms with Crippen molar-refractivity contribution >= 4 is 0 Å². The third-order valence-corrected chi connectivity index (χ3v) is 5.41. The van der Waals surface area contributed by atoms with E-state index in [1.165, 1.54) is 0 Å². The molecule has 152 valence electrons. The highest BCUT2D eigenvalue weighted by Crippen LogP contribution is 2.22. The number of hydrogen-bond acceptors (Lipinski definition) is 6. The molecule has 2 aromatic heterocycles. The van der Waals surface area contributed by atoms with Crippen LogP contribution < -0.4 is 5.56 Å². The van der Waals surface area contributed by atoms with Gasteiger partial charge in [0.1, 0.15) is 5.82 Å². The summed E-state index contributed by atoms with van der Waals surface area (Å²) in [5.74, 6) is 1.95. The van der Waals surface area contributed by atoms with E-state index in [1.807, 2.05) is 19.1 Å². The Morgan fingerprint density at radius 2 is 2.00 bits per heavy atom. The topological polar surface area (TPSA) is 87.9 Å². The van der Waals surface area contributed by atoms with Crippen molar-refractivity contribution in [2.24, 2.45) is 0 Å². The predicted molar refractivity (Wildman–Crippen MR) is 110 cm³/mol. The van der Waals surface area contributed by atoms with Crippen LogP contribution in [0.3, 0.4) is 0 Å². The maximum absolute atomic E-state index is 12.4. The van der Waals surface area contributed by atoms with Crippen LogP contribution in [-0.4, -0.2) is 31.1 Å². The zero-order valence-corrected chi connectivity index (χ0v) is 17.2. The van der Waals surface area contributed by atoms with Gasteiger partial charge in [-0.05, 0) is 44.7 Å². The lowest BCUT2D eigenvalue weighted by atomic mass is 10.1. The van der Waals surface area contributed by atoms with E-state index in [-0.39, 0.29) is 5.56 Å². The van der Waals surface area contributed by atoms with Crippen LogP contribution in [0, 0.1) is 0 Å². The first kappa shape index (κ1) is 19.5. The van der Waals surface area contributed by atoms with Gasteiger partial charge in [-0.25, -0.2) is 4.98 Å². The van der Waals surface area contributed by atoms with Crippen LogP contribution in [0.2, 0.25) is 0 Å². The molecule has 0 amide bonds. The Morgan fingerprint density at radius 3 is 2.76 bits per heavy atom. The monoisotopic (exact) mass is 393 g/mol. The number of nitrogens with zero attached hydrogens (tertiary/aromatic N) is 4. The summed E-state index contributed by atoms with van der Waals surface area (Å²) in [4.78, 5) is 22.3. The van der Waals surface area contributed by atoms with E-state index in [0.29, 0.717) is 30.2 Å². The Balaban J connectivity index is 1.56. The molecule has 2 heterocycles. The SMILES string of the molecule is CCc1nnc(CN(Cc2cccc(-c3nc4c(c(=O)[nH]3)CCC4)c2)C(C)C)o1. The summed E-state index contributed by atoms with van der Waals surface area (Å²) >= 11 is 0. The van der Waals surface area contributed by atoms with Crippen molar-refractivity contribution in [3.8, 4) is 11.4 Å². The zero-order chi connectivity index (χ0) is 20.4. The molecular weight excluding hydrogens is 366 g/mol. The lowest BCUT2D eigenvalue weighted by Crippen LogP contribution is -2.30. The molecule has 7 nitrogen and oxygen atoms in total. The quantitative estimate of drug-likeness (QED) is 0.663. The van der Waals surface area contributed by atoms with Crippen molar-refractivity contribution in [2.75, 3.05) is 0 Å². The van der Waals surface area contributed by atoms with Crippen molar-refractivity contribution in [2.45, 2.75) is 65.6 Å². The Kier molecular flexibility index (Phi) is 5.58. The molecule has 1 N–H and O–H groups in total. The molecule has 0 radical (unpaired) electrons. The van der Waals surface area contributed by atoms with Gasteiger partial charge in [0.25, 0.3) is 5.56 Å². The van der Waals surface area contributed by atoms with Gasteiger partial charge in [0.05, 0.1) is 12.2 Å². The Hall–Kier alpha value is -2.80. The molecule has 0 bridgehead atoms. The average Bonchev–Trinajstić information content (AvgIpc) is 3.37. The fourth-order valence-electron chi connectivity index (χ4n) is 3.72. The smallest absolute Gasteiger partial charge is 0.254 e. The van der Waals surface area contributed by atoms with Crippen LogP contribution in [0.25, 0.3) is 11.4 Å². The summed E-state index contributed by atoms with van der Waals surface area (Å²) in [6.45, 7) is 7.65. The van der Waals surface area contributed by atoms with Crippen LogP contribution in [-0.2, 0) is 32.4 Å². The van der Waals surface area contributed by atoms with Gasteiger partial charge in [-0.3, -0.25) is 9.69 Å². The predicted octanol–water partition coefficient (Wildman–Crippen LogP) is 3.28. The number of aryl methyl sites for hydroxylation is 2. The summed E-state index contributed by atoms with van der Waals surface area (Å²) < 4.78 is 5.69. The summed E-state index contributed by atoms with van der Waals surface area (Å²) in [6, 6.07) is 8.51. The average molecular weight is 393 g/mol. The number of aromatic nitrogens is 4. The molecule has 1 aromatic carbocycles. The first-order valence-corrected chi connectivity index (χ1v) is 10.3. The second kappa shape index (κ2) is 8.29. The van der Waals surface area contributed by atoms with Crippen LogP contribution in [0.4, 0.5) is 0 Å². The van der Waals surface area contributed by atoms with Crippen molar-refractivity contribution in [3.05, 3.63) is 63.2 Å². The molecular formula is C22H27N5O2. The van der Waals surface area contributed by atoms with Gasteiger partial charge < -0.3 is 9.40 Å². The number of aromatic amines is 1. The molecule has 0 saturated heterocycles. The van der Waals surface area contributed by atoms with E-state index in [2.05, 4.69) is 46.1 Å². The molecule has 0 spiro atoms. The highest BCUT2D eigenvalue weighted by Gasteiger charge is 2.19. The van der Waals surface area contributed by atoms with Gasteiger partial charge in [-0.15, -0.1) is 10.2 Å². The first-order chi connectivity index (χ1) is 14.0. The summed E-state index contributed by atoms with van der Waals surface area (Å²) in [5, 5.41) is 8.21. The van der Waals surface area contributed by atoms with Gasteiger partial charge >= 0.3 is 0 Å². The highest BCUT2D eigenvalue weighted by atomic mass is 16.4. The third kappa shape index (κ3) is 4.29. The van der Waals surface area contributed by atoms with Crippen molar-refractivity contribution in [1.82, 2.24) is 25.1 Å². The Labute approximate surface area is 170 Å². The number of fused-ring (bicyclic) bond motifs is 1. The largest absolute Gasteiger partial charge is 0.424 e. The molecule has 0 fully saturated rings. The van der Waals surface area contributed by atoms with E-state index in [4.69, 9.17) is 9.40 Å². The maximum Gasteiger partial charge on any atom is 0.254 e. The van der Waals surface area contributed by atoms with E-state index < -0.39 is 0 Å². The van der Waals surface area contributed by atoms with E-state index in [9.17, 15) is 4.79 Å². The Morgan fingerprint density at radius 1 is 1.17 bits per heavy atom. The van der Waals surface area contributed by atoms with Crippen LogP contribution in [0.15, 0.2) is 33.5 Å². The van der Waals surface area contributed by atoms with Crippen molar-refractivity contribution in [3.63, 3.8) is 0 Å². The zero-order valence-electron chi connectivity index (χ0n) is 17.2. The molecule has 1 aliphatic carbocycles. The van der Waals surface area contributed by atoms with Gasteiger partial charge in [-0.1, -0.05) is 25.1 Å². The second-order valence-electron chi connectivity index (χ2n) is 7.84. The molecule has 7 heteroatoms. The number of H-pyrrole nitrogens is 1. The minimum atomic E-state index is -0.000155. The molecule has 1 aliphatic rings. The lowest BCUT2D eigenvalue weighted by Gasteiger charge is -2.25. The van der Waals surface area contributed by atoms with Crippen molar-refractivity contribution in [1.29, 1.82) is 0 Å². The summed E-state index contributed by atoms with van der Waals surface area (Å²) in [7, 11) is 0. The van der Waals surface area contributed by atoms with Crippen LogP contribution in [0.5, 0.6) is 0 Å². The molecule has 0 aliphatic heterocycles. The number of benzene rings is 1. The highest BCUT2D eigenvalue weighted by molar-refractivity contribution is 5.56. The standard InChI is InChI=1S/C22H27N5O2/c1-4-19-25-26-20(29-19)13-27(14(2)3)12-15-7-5-8-16(11-15)21-23-18-10-6-9-17(18)22(28)24-21/h5,7-8,11,14H,4,6,9-10,12-13H2,1-3H3,(H,23,24,28). The van der Waals surface area contributed by atoms with Gasteiger partial charge in [0, 0.05) is 30.1 Å². The summed E-state index contributed by atoms with van der Waals surface area (Å²) in [5.41, 5.74) is 3.88. The van der Waals surface area contributed by atoms with Gasteiger partial charge in [0.15, 0.2) is 0 Å². The number of hydrogen-bond donors (Lipinski definition) is 1. The Bertz CT molecular complexity index is 1050. The number of nitrogens with one attached hydrogen (secondary N) is 1. The van der Waals surface area contributed by atoms with Crippen LogP contribution in [0.1, 0.15) is 55.8 Å². The van der Waals surface area contributed by atoms with E-state index in [0.717, 1.165) is 54.6 Å². The van der Waals surface area contributed by atoms with Gasteiger partial charge in [-0.2, -0.15) is 0 Å². The fourth-order valence-corrected chi connectivity index (χ4v) is 3.72. The van der Waals surface area contributed by atoms with Crippen LogP contribution >= 0.6 is 0 Å². The maximum atomic E-state index is 12.4. The normalized spacial score (nSPS) is 13.4. The molecule has 0 saturated carbocycles. The summed E-state index contributed by atoms with van der Waals surface area (Å²) in [6.07, 6.45) is 3.46. The van der Waals surface area contributed by atoms with E-state index in [1.54, 1.807) is 0 Å². The lowest BCUT2D eigenvalue weighted by molar-refractivity contribution is 0.183. The van der Waals surface area contributed by atoms with Gasteiger partial charge in [0.2, 0.25) is 11.8 Å². The minimum absolute atomic E-state index is 0.000155. The molecule has 3 aromatic rings. The minimum Gasteiger partial charge on any atom is -0.424 e. The molecule has 4 rings (SSSR count). The third-order valence-electron chi connectivity index (χ3n) is 5.41. The second-order valence-corrected chi connectivity index (χ2v) is 7.84. The first-order valence-electron chi connectivity index (χ1n) is 10.3. The fraction of sp³-hybridized carbons (Fsp3) is 0.455.